The highest BCUT2D eigenvalue weighted by molar-refractivity contribution is 6.31. The first kappa shape index (κ1) is 24.3. The van der Waals surface area contributed by atoms with E-state index in [0.29, 0.717) is 0 Å². The fourth-order valence-electron chi connectivity index (χ4n) is 5.87. The van der Waals surface area contributed by atoms with Crippen LogP contribution in [0, 0.1) is 23.7 Å². The predicted octanol–water partition coefficient (Wildman–Crippen LogP) is -0.000300. The predicted molar refractivity (Wildman–Crippen MR) is 118 cm³/mol. The van der Waals surface area contributed by atoms with Gasteiger partial charge in [0.15, 0.2) is 34.7 Å². The van der Waals surface area contributed by atoms with Crippen molar-refractivity contribution in [2.24, 2.45) is 34.5 Å². The Morgan fingerprint density at radius 2 is 1.86 bits per heavy atom. The van der Waals surface area contributed by atoms with Crippen LogP contribution >= 0.6 is 0 Å². The molecule has 1 aromatic carbocycles. The smallest absolute Gasteiger partial charge is 0.235 e. The zero-order valence-corrected chi connectivity index (χ0v) is 19.1. The number of phenols is 1. The molecule has 13 nitrogen and oxygen atoms in total. The van der Waals surface area contributed by atoms with Gasteiger partial charge in [0.1, 0.15) is 5.75 Å². The molecule has 6 atom stereocenters. The maximum atomic E-state index is 13.7. The number of benzene rings is 1. The van der Waals surface area contributed by atoms with E-state index in [1.807, 2.05) is 0 Å². The Kier molecular flexibility index (Phi) is 5.28. The number of hydrogen-bond acceptors (Lipinski definition) is 10. The van der Waals surface area contributed by atoms with E-state index in [4.69, 9.17) is 11.3 Å². The molecule has 0 radical (unpaired) electrons. The highest BCUT2D eigenvalue weighted by Gasteiger charge is 2.69. The van der Waals surface area contributed by atoms with Crippen LogP contribution in [-0.4, -0.2) is 64.1 Å². The SMILES string of the molecule is CN(C)c1cc(N=[N+]=[N-])c(O)c2c1[C@@](C)(O)[C@H]1C[C@H]3CC(=O)C(C(N)=O)C(=O)[C@@]3(O)C(=O)C1C2=O. The van der Waals surface area contributed by atoms with Crippen molar-refractivity contribution >= 4 is 40.4 Å². The minimum atomic E-state index is -2.85. The first-order valence-electron chi connectivity index (χ1n) is 10.7. The monoisotopic (exact) mass is 485 g/mol. The van der Waals surface area contributed by atoms with Crippen LogP contribution < -0.4 is 10.6 Å². The molecule has 0 aliphatic heterocycles. The quantitative estimate of drug-likeness (QED) is 0.195. The molecule has 184 valence electrons. The van der Waals surface area contributed by atoms with E-state index in [9.17, 15) is 39.3 Å². The maximum Gasteiger partial charge on any atom is 0.235 e. The summed E-state index contributed by atoms with van der Waals surface area (Å²) in [6.07, 6.45) is -0.802. The first-order valence-corrected chi connectivity index (χ1v) is 10.7. The molecule has 3 aliphatic carbocycles. The van der Waals surface area contributed by atoms with Crippen LogP contribution in [0.4, 0.5) is 11.4 Å². The van der Waals surface area contributed by atoms with Crippen LogP contribution in [0.15, 0.2) is 11.2 Å². The van der Waals surface area contributed by atoms with Gasteiger partial charge in [-0.3, -0.25) is 24.0 Å². The molecular formula is C22H23N5O8. The first-order chi connectivity index (χ1) is 16.2. The summed E-state index contributed by atoms with van der Waals surface area (Å²) in [6.45, 7) is 1.33. The molecule has 5 N–H and O–H groups in total. The normalized spacial score (nSPS) is 33.9. The number of aliphatic hydroxyl groups is 2. The van der Waals surface area contributed by atoms with E-state index in [1.54, 1.807) is 14.1 Å². The number of amides is 1. The van der Waals surface area contributed by atoms with Crippen molar-refractivity contribution in [2.45, 2.75) is 31.0 Å². The number of fused-ring (bicyclic) bond motifs is 3. The van der Waals surface area contributed by atoms with E-state index in [0.717, 1.165) is 0 Å². The third-order valence-electron chi connectivity index (χ3n) is 7.53. The van der Waals surface area contributed by atoms with Crippen molar-refractivity contribution in [3.8, 4) is 5.75 Å². The number of phenolic OH excluding ortho intramolecular Hbond substituents is 1. The number of ketones is 4. The molecule has 13 heteroatoms. The van der Waals surface area contributed by atoms with Gasteiger partial charge in [-0.1, -0.05) is 5.11 Å². The van der Waals surface area contributed by atoms with E-state index in [-0.39, 0.29) is 23.4 Å². The molecule has 0 aromatic heterocycles. The Labute approximate surface area is 198 Å². The molecular weight excluding hydrogens is 462 g/mol. The van der Waals surface area contributed by atoms with Gasteiger partial charge in [0.05, 0.1) is 22.8 Å². The summed E-state index contributed by atoms with van der Waals surface area (Å²) in [4.78, 5) is 68.6. The van der Waals surface area contributed by atoms with Gasteiger partial charge < -0.3 is 26.0 Å². The Balaban J connectivity index is 1.98. The van der Waals surface area contributed by atoms with Gasteiger partial charge in [-0.05, 0) is 24.9 Å². The van der Waals surface area contributed by atoms with Crippen LogP contribution in [0.2, 0.25) is 0 Å². The maximum absolute atomic E-state index is 13.7. The lowest BCUT2D eigenvalue weighted by Gasteiger charge is -2.53. The fourth-order valence-corrected chi connectivity index (χ4v) is 5.87. The Hall–Kier alpha value is -3.80. The topological polar surface area (TPSA) is 224 Å². The standard InChI is InChI=1S/C22H23N5O8/c1-21(34)8-4-7-5-11(28)13(20(23)33)19(32)22(7,35)18(31)12(8)17(30)14-15(21)10(27(2)3)6-9(16(14)29)25-26-24/h6-8,12-13,29,34-35H,4-5H2,1-3H3,(H2,23,33)/t7-,8-,12?,13?,21-,22-/m0/s1. The Bertz CT molecular complexity index is 1280. The van der Waals surface area contributed by atoms with Crippen molar-refractivity contribution < 1.29 is 39.3 Å². The fraction of sp³-hybridized carbons (Fsp3) is 0.500. The lowest BCUT2D eigenvalue weighted by Crippen LogP contribution is -2.70. The lowest BCUT2D eigenvalue weighted by molar-refractivity contribution is -0.182. The summed E-state index contributed by atoms with van der Waals surface area (Å²) in [7, 11) is 3.18. The van der Waals surface area contributed by atoms with Crippen molar-refractivity contribution in [1.29, 1.82) is 0 Å². The average Bonchev–Trinajstić information content (AvgIpc) is 2.75. The summed E-state index contributed by atoms with van der Waals surface area (Å²) in [5.74, 6) is -12.9. The third kappa shape index (κ3) is 3.02. The third-order valence-corrected chi connectivity index (χ3v) is 7.53. The molecule has 2 fully saturated rings. The number of aromatic hydroxyl groups is 1. The van der Waals surface area contributed by atoms with Gasteiger partial charge in [-0.25, -0.2) is 0 Å². The van der Waals surface area contributed by atoms with Gasteiger partial charge in [-0.2, -0.15) is 0 Å². The van der Waals surface area contributed by atoms with Gasteiger partial charge in [0.25, 0.3) is 0 Å². The number of anilines is 1. The largest absolute Gasteiger partial charge is 0.507 e. The van der Waals surface area contributed by atoms with E-state index < -0.39 is 81.6 Å². The summed E-state index contributed by atoms with van der Waals surface area (Å²) in [6, 6.07) is 1.28. The average molecular weight is 485 g/mol. The second-order valence-electron chi connectivity index (χ2n) is 9.63. The van der Waals surface area contributed by atoms with Crippen LogP contribution in [0.25, 0.3) is 10.4 Å². The number of Topliss-reactive ketones (excluding diaryl/α,β-unsaturated/α-hetero) is 4. The van der Waals surface area contributed by atoms with Crippen molar-refractivity contribution in [3.05, 3.63) is 27.6 Å². The van der Waals surface area contributed by atoms with Gasteiger partial charge >= 0.3 is 0 Å². The van der Waals surface area contributed by atoms with Crippen molar-refractivity contribution in [3.63, 3.8) is 0 Å². The molecule has 4 rings (SSSR count). The number of primary amides is 1. The summed E-state index contributed by atoms with van der Waals surface area (Å²) < 4.78 is 0. The van der Waals surface area contributed by atoms with Gasteiger partial charge in [0.2, 0.25) is 5.91 Å². The zero-order chi connectivity index (χ0) is 26.2. The second kappa shape index (κ2) is 7.60. The Morgan fingerprint density at radius 1 is 1.23 bits per heavy atom. The van der Waals surface area contributed by atoms with Crippen molar-refractivity contribution in [2.75, 3.05) is 19.0 Å². The van der Waals surface area contributed by atoms with E-state index in [2.05, 4.69) is 10.0 Å². The van der Waals surface area contributed by atoms with Crippen LogP contribution in [0.5, 0.6) is 5.75 Å². The highest BCUT2D eigenvalue weighted by atomic mass is 16.3. The van der Waals surface area contributed by atoms with Gasteiger partial charge in [-0.15, -0.1) is 0 Å². The Morgan fingerprint density at radius 3 is 2.40 bits per heavy atom. The number of rotatable bonds is 3. The number of nitrogens with two attached hydrogens (primary N) is 1. The molecule has 1 aromatic rings. The molecule has 0 bridgehead atoms. The van der Waals surface area contributed by atoms with Crippen molar-refractivity contribution in [1.82, 2.24) is 0 Å². The molecule has 0 spiro atoms. The van der Waals surface area contributed by atoms with Crippen LogP contribution in [-0.2, 0) is 24.8 Å². The summed E-state index contributed by atoms with van der Waals surface area (Å²) in [5.41, 5.74) is 8.63. The minimum absolute atomic E-state index is 0.0233. The molecule has 2 saturated carbocycles. The molecule has 3 aliphatic rings. The van der Waals surface area contributed by atoms with Gasteiger partial charge in [0, 0.05) is 48.5 Å². The number of azide groups is 1. The highest BCUT2D eigenvalue weighted by Crippen LogP contribution is 2.58. The molecule has 0 saturated heterocycles. The molecule has 35 heavy (non-hydrogen) atoms. The minimum Gasteiger partial charge on any atom is -0.507 e. The summed E-state index contributed by atoms with van der Waals surface area (Å²) in [5, 5.41) is 37.1. The van der Waals surface area contributed by atoms with Crippen LogP contribution in [0.1, 0.15) is 35.7 Å². The zero-order valence-electron chi connectivity index (χ0n) is 19.1. The van der Waals surface area contributed by atoms with Crippen LogP contribution in [0.3, 0.4) is 0 Å². The van der Waals surface area contributed by atoms with E-state index in [1.165, 1.54) is 17.9 Å². The summed E-state index contributed by atoms with van der Waals surface area (Å²) >= 11 is 0. The second-order valence-corrected chi connectivity index (χ2v) is 9.63. The number of carbonyl (C=O) groups is 5. The molecule has 2 unspecified atom stereocenters. The number of carbonyl (C=O) groups excluding carboxylic acids is 5. The number of nitrogens with zero attached hydrogens (tertiary/aromatic N) is 4. The number of hydrogen-bond donors (Lipinski definition) is 4. The lowest BCUT2D eigenvalue weighted by atomic mass is 9.50. The molecule has 1 amide bonds. The molecule has 0 heterocycles. The van der Waals surface area contributed by atoms with E-state index >= 15 is 0 Å².